The van der Waals surface area contributed by atoms with Gasteiger partial charge in [-0.15, -0.1) is 0 Å². The number of nitriles is 2. The molecule has 4 heteroatoms. The van der Waals surface area contributed by atoms with Crippen molar-refractivity contribution in [3.63, 3.8) is 0 Å². The van der Waals surface area contributed by atoms with Crippen LogP contribution in [-0.4, -0.2) is 9.13 Å². The van der Waals surface area contributed by atoms with Crippen molar-refractivity contribution in [3.8, 4) is 68.0 Å². The van der Waals surface area contributed by atoms with Crippen molar-refractivity contribution in [2.45, 2.75) is 0 Å². The normalized spacial score (nSPS) is 11.5. The number of aromatic nitrogens is 2. The summed E-state index contributed by atoms with van der Waals surface area (Å²) < 4.78 is 4.81. The minimum atomic E-state index is 0.645. The minimum Gasteiger partial charge on any atom is -0.309 e. The average molecular weight is 863 g/mol. The van der Waals surface area contributed by atoms with Crippen LogP contribution in [0.3, 0.4) is 0 Å². The molecule has 11 aromatic carbocycles. The van der Waals surface area contributed by atoms with E-state index in [9.17, 15) is 10.5 Å². The van der Waals surface area contributed by atoms with Gasteiger partial charge < -0.3 is 9.13 Å². The smallest absolute Gasteiger partial charge is 0.0991 e. The van der Waals surface area contributed by atoms with Crippen LogP contribution in [0.2, 0.25) is 0 Å². The van der Waals surface area contributed by atoms with Crippen LogP contribution in [0, 0.1) is 22.7 Å². The molecule has 68 heavy (non-hydrogen) atoms. The molecular weight excluding hydrogens is 825 g/mol. The predicted molar refractivity (Wildman–Crippen MR) is 281 cm³/mol. The number of rotatable bonds is 6. The zero-order valence-corrected chi connectivity index (χ0v) is 36.7. The van der Waals surface area contributed by atoms with Crippen LogP contribution in [0.25, 0.3) is 121 Å². The lowest BCUT2D eigenvalue weighted by Gasteiger charge is -2.21. The molecule has 4 nitrogen and oxygen atoms in total. The molecule has 0 radical (unpaired) electrons. The first-order valence-electron chi connectivity index (χ1n) is 22.9. The third-order valence-electron chi connectivity index (χ3n) is 13.8. The van der Waals surface area contributed by atoms with Crippen LogP contribution in [-0.2, 0) is 0 Å². The van der Waals surface area contributed by atoms with Gasteiger partial charge in [0.05, 0.1) is 45.3 Å². The zero-order chi connectivity index (χ0) is 45.3. The molecule has 13 aromatic rings. The highest BCUT2D eigenvalue weighted by Gasteiger charge is 2.21. The topological polar surface area (TPSA) is 57.4 Å². The first-order valence-corrected chi connectivity index (χ1v) is 22.9. The van der Waals surface area contributed by atoms with Crippen LogP contribution in [0.1, 0.15) is 11.1 Å². The van der Waals surface area contributed by atoms with Gasteiger partial charge in [-0.25, -0.2) is 0 Å². The van der Waals surface area contributed by atoms with Crippen molar-refractivity contribution in [2.75, 3.05) is 0 Å². The molecule has 2 heterocycles. The lowest BCUT2D eigenvalue weighted by Crippen LogP contribution is -1.98. The fourth-order valence-corrected chi connectivity index (χ4v) is 10.6. The summed E-state index contributed by atoms with van der Waals surface area (Å²) in [6.45, 7) is 0. The Balaban J connectivity index is 1.12. The highest BCUT2D eigenvalue weighted by molar-refractivity contribution is 6.23. The molecule has 0 amide bonds. The van der Waals surface area contributed by atoms with E-state index in [1.807, 2.05) is 48.5 Å². The van der Waals surface area contributed by atoms with Gasteiger partial charge in [-0.1, -0.05) is 158 Å². The van der Waals surface area contributed by atoms with Gasteiger partial charge in [0, 0.05) is 32.9 Å². The zero-order valence-electron chi connectivity index (χ0n) is 36.7. The monoisotopic (exact) mass is 862 g/mol. The third kappa shape index (κ3) is 6.13. The molecule has 0 aliphatic rings. The van der Waals surface area contributed by atoms with Gasteiger partial charge in [0.2, 0.25) is 0 Å². The quantitative estimate of drug-likeness (QED) is 0.156. The Labute approximate surface area is 392 Å². The number of hydrogen-bond donors (Lipinski definition) is 0. The van der Waals surface area contributed by atoms with Gasteiger partial charge in [0.1, 0.15) is 0 Å². The Morgan fingerprint density at radius 3 is 0.838 bits per heavy atom. The molecule has 0 unspecified atom stereocenters. The van der Waals surface area contributed by atoms with E-state index in [0.717, 1.165) is 99.5 Å². The number of para-hydroxylation sites is 4. The third-order valence-corrected chi connectivity index (χ3v) is 13.8. The van der Waals surface area contributed by atoms with E-state index >= 15 is 0 Å². The predicted octanol–water partition coefficient (Wildman–Crippen LogP) is 16.6. The fourth-order valence-electron chi connectivity index (χ4n) is 10.6. The van der Waals surface area contributed by atoms with E-state index in [1.165, 1.54) is 21.5 Å². The Morgan fingerprint density at radius 1 is 0.250 bits per heavy atom. The van der Waals surface area contributed by atoms with Crippen LogP contribution < -0.4 is 0 Å². The maximum absolute atomic E-state index is 9.49. The summed E-state index contributed by atoms with van der Waals surface area (Å²) in [6.07, 6.45) is 0. The van der Waals surface area contributed by atoms with E-state index in [4.69, 9.17) is 0 Å². The van der Waals surface area contributed by atoms with Crippen molar-refractivity contribution in [1.82, 2.24) is 9.13 Å². The van der Waals surface area contributed by atoms with Gasteiger partial charge >= 0.3 is 0 Å². The molecule has 0 N–H and O–H groups in total. The molecule has 0 spiro atoms. The largest absolute Gasteiger partial charge is 0.309 e. The Kier molecular flexibility index (Phi) is 8.93. The fraction of sp³-hybridized carbons (Fsp3) is 0. The second-order valence-corrected chi connectivity index (χ2v) is 17.5. The Bertz CT molecular complexity index is 3850. The highest BCUT2D eigenvalue weighted by Crippen LogP contribution is 2.47. The molecule has 0 saturated heterocycles. The second kappa shape index (κ2) is 15.6. The summed E-state index contributed by atoms with van der Waals surface area (Å²) in [6, 6.07) is 86.7. The first-order chi connectivity index (χ1) is 33.6. The molecule has 0 aliphatic carbocycles. The molecule has 13 rings (SSSR count). The van der Waals surface area contributed by atoms with Crippen LogP contribution in [0.5, 0.6) is 0 Å². The lowest BCUT2D eigenvalue weighted by molar-refractivity contribution is 1.18. The van der Waals surface area contributed by atoms with Crippen molar-refractivity contribution in [3.05, 3.63) is 242 Å². The highest BCUT2D eigenvalue weighted by atomic mass is 15.0. The maximum Gasteiger partial charge on any atom is 0.0991 e. The first kappa shape index (κ1) is 38.9. The van der Waals surface area contributed by atoms with E-state index in [0.29, 0.717) is 11.1 Å². The standard InChI is InChI=1S/C64H38N4/c65-39-41-17-21-43(22-18-41)45-25-29-47(30-26-45)63-56-36-34-50(68-61-15-7-3-11-53(61)54-12-4-8-16-62(54)68)38-58(56)64(48-31-27-46(28-32-48)44-23-19-42(40-66)20-24-44)55-35-33-49(37-57(55)63)67-59-13-5-1-9-51(59)52-10-2-6-14-60(52)67/h1-38H. The van der Waals surface area contributed by atoms with Crippen LogP contribution in [0.4, 0.5) is 0 Å². The van der Waals surface area contributed by atoms with Crippen molar-refractivity contribution >= 4 is 65.2 Å². The van der Waals surface area contributed by atoms with Gasteiger partial charge in [-0.3, -0.25) is 0 Å². The molecule has 314 valence electrons. The summed E-state index contributed by atoms with van der Waals surface area (Å²) in [5.74, 6) is 0. The van der Waals surface area contributed by atoms with Crippen LogP contribution in [0.15, 0.2) is 231 Å². The summed E-state index contributed by atoms with van der Waals surface area (Å²) in [5.41, 5.74) is 17.0. The van der Waals surface area contributed by atoms with E-state index in [1.54, 1.807) is 0 Å². The summed E-state index contributed by atoms with van der Waals surface area (Å²) in [5, 5.41) is 28.5. The van der Waals surface area contributed by atoms with Crippen molar-refractivity contribution < 1.29 is 0 Å². The molecule has 2 aromatic heterocycles. The summed E-state index contributed by atoms with van der Waals surface area (Å²) in [7, 11) is 0. The molecule has 0 fully saturated rings. The van der Waals surface area contributed by atoms with Gasteiger partial charge in [-0.05, 0) is 139 Å². The molecule has 0 saturated carbocycles. The average Bonchev–Trinajstić information content (AvgIpc) is 3.93. The number of nitrogens with zero attached hydrogens (tertiary/aromatic N) is 4. The molecular formula is C64H38N4. The Morgan fingerprint density at radius 2 is 0.529 bits per heavy atom. The van der Waals surface area contributed by atoms with Crippen molar-refractivity contribution in [2.24, 2.45) is 0 Å². The maximum atomic E-state index is 9.49. The van der Waals surface area contributed by atoms with Gasteiger partial charge in [-0.2, -0.15) is 10.5 Å². The minimum absolute atomic E-state index is 0.645. The molecule has 0 atom stereocenters. The van der Waals surface area contributed by atoms with Crippen molar-refractivity contribution in [1.29, 1.82) is 10.5 Å². The molecule has 0 aliphatic heterocycles. The van der Waals surface area contributed by atoms with E-state index in [-0.39, 0.29) is 0 Å². The number of fused-ring (bicyclic) bond motifs is 8. The number of hydrogen-bond acceptors (Lipinski definition) is 2. The SMILES string of the molecule is N#Cc1ccc(-c2ccc(-c3c4ccc(-n5c6ccccc6c6ccccc65)cc4c(-c4ccc(-c5ccc(C#N)cc5)cc4)c4ccc(-n5c6ccccc6c6ccccc65)cc34)cc2)cc1. The summed E-state index contributed by atoms with van der Waals surface area (Å²) >= 11 is 0. The van der Waals surface area contributed by atoms with Crippen LogP contribution >= 0.6 is 0 Å². The lowest BCUT2D eigenvalue weighted by atomic mass is 9.85. The summed E-state index contributed by atoms with van der Waals surface area (Å²) in [4.78, 5) is 0. The molecule has 0 bridgehead atoms. The van der Waals surface area contributed by atoms with E-state index in [2.05, 4.69) is 203 Å². The van der Waals surface area contributed by atoms with Gasteiger partial charge in [0.15, 0.2) is 0 Å². The van der Waals surface area contributed by atoms with Gasteiger partial charge in [0.25, 0.3) is 0 Å². The van der Waals surface area contributed by atoms with E-state index < -0.39 is 0 Å². The second-order valence-electron chi connectivity index (χ2n) is 17.5. The number of benzene rings is 11. The Hall–Kier alpha value is -9.48.